The first kappa shape index (κ1) is 18.1. The van der Waals surface area contributed by atoms with Gasteiger partial charge < -0.3 is 4.74 Å². The first-order valence-electron chi connectivity index (χ1n) is 8.26. The van der Waals surface area contributed by atoms with Gasteiger partial charge in [-0.05, 0) is 47.5 Å². The molecule has 0 aliphatic rings. The maximum absolute atomic E-state index is 12.1. The van der Waals surface area contributed by atoms with Crippen molar-refractivity contribution in [2.24, 2.45) is 5.10 Å². The number of nitro groups is 1. The Labute approximate surface area is 155 Å². The first-order chi connectivity index (χ1) is 13.0. The predicted octanol–water partition coefficient (Wildman–Crippen LogP) is 3.67. The molecule has 27 heavy (non-hydrogen) atoms. The topological polar surface area (TPSA) is 93.8 Å². The van der Waals surface area contributed by atoms with Crippen LogP contribution in [-0.2, 0) is 4.79 Å². The number of fused-ring (bicyclic) bond motifs is 1. The molecule has 1 atom stereocenters. The molecule has 3 aromatic rings. The van der Waals surface area contributed by atoms with Crippen molar-refractivity contribution in [3.05, 3.63) is 82.4 Å². The van der Waals surface area contributed by atoms with Crippen LogP contribution in [0.15, 0.2) is 71.8 Å². The second-order valence-corrected chi connectivity index (χ2v) is 5.85. The van der Waals surface area contributed by atoms with E-state index < -0.39 is 16.9 Å². The highest BCUT2D eigenvalue weighted by molar-refractivity contribution is 5.85. The molecule has 1 amide bonds. The van der Waals surface area contributed by atoms with Gasteiger partial charge in [-0.1, -0.05) is 30.3 Å². The molecule has 0 saturated heterocycles. The lowest BCUT2D eigenvalue weighted by Crippen LogP contribution is -2.33. The molecular formula is C20H17N3O4. The van der Waals surface area contributed by atoms with Crippen molar-refractivity contribution in [2.75, 3.05) is 0 Å². The van der Waals surface area contributed by atoms with Crippen molar-refractivity contribution in [3.63, 3.8) is 0 Å². The zero-order chi connectivity index (χ0) is 19.2. The summed E-state index contributed by atoms with van der Waals surface area (Å²) in [5, 5.41) is 16.6. The van der Waals surface area contributed by atoms with E-state index in [0.29, 0.717) is 11.3 Å². The van der Waals surface area contributed by atoms with Gasteiger partial charge in [0.05, 0.1) is 11.1 Å². The predicted molar refractivity (Wildman–Crippen MR) is 103 cm³/mol. The largest absolute Gasteiger partial charge is 0.481 e. The third-order valence-electron chi connectivity index (χ3n) is 3.90. The summed E-state index contributed by atoms with van der Waals surface area (Å²) in [6, 6.07) is 19.3. The number of ether oxygens (including phenoxy) is 1. The van der Waals surface area contributed by atoms with E-state index in [-0.39, 0.29) is 5.69 Å². The van der Waals surface area contributed by atoms with Gasteiger partial charge in [0, 0.05) is 12.1 Å². The fraction of sp³-hybridized carbons (Fsp3) is 0.100. The normalized spacial score (nSPS) is 12.0. The molecule has 0 radical (unpaired) electrons. The molecule has 7 nitrogen and oxygen atoms in total. The highest BCUT2D eigenvalue weighted by atomic mass is 16.6. The van der Waals surface area contributed by atoms with Crippen LogP contribution in [0.1, 0.15) is 12.5 Å². The van der Waals surface area contributed by atoms with E-state index in [4.69, 9.17) is 4.74 Å². The molecule has 136 valence electrons. The van der Waals surface area contributed by atoms with E-state index in [2.05, 4.69) is 10.5 Å². The summed E-state index contributed by atoms with van der Waals surface area (Å²) >= 11 is 0. The van der Waals surface area contributed by atoms with Gasteiger partial charge in [0.25, 0.3) is 11.6 Å². The second kappa shape index (κ2) is 8.09. The Balaban J connectivity index is 1.57. The van der Waals surface area contributed by atoms with E-state index in [1.165, 1.54) is 18.3 Å². The molecule has 0 aliphatic carbocycles. The molecular weight excluding hydrogens is 346 g/mol. The van der Waals surface area contributed by atoms with Crippen LogP contribution in [0, 0.1) is 10.1 Å². The number of rotatable bonds is 6. The van der Waals surface area contributed by atoms with Crippen molar-refractivity contribution in [1.29, 1.82) is 0 Å². The SMILES string of the molecule is CC(Oc1ccc2ccccc2c1)C(=O)NN=Cc1ccc([N+](=O)[O-])cc1. The number of nitrogens with one attached hydrogen (secondary N) is 1. The van der Waals surface area contributed by atoms with Crippen LogP contribution in [0.2, 0.25) is 0 Å². The molecule has 3 rings (SSSR count). The maximum atomic E-state index is 12.1. The lowest BCUT2D eigenvalue weighted by Gasteiger charge is -2.13. The molecule has 1 N–H and O–H groups in total. The van der Waals surface area contributed by atoms with Crippen molar-refractivity contribution in [3.8, 4) is 5.75 Å². The maximum Gasteiger partial charge on any atom is 0.280 e. The van der Waals surface area contributed by atoms with Gasteiger partial charge in [0.2, 0.25) is 0 Å². The smallest absolute Gasteiger partial charge is 0.280 e. The lowest BCUT2D eigenvalue weighted by atomic mass is 10.1. The van der Waals surface area contributed by atoms with Crippen LogP contribution < -0.4 is 10.2 Å². The number of hydrogen-bond donors (Lipinski definition) is 1. The number of carbonyl (C=O) groups is 1. The highest BCUT2D eigenvalue weighted by Crippen LogP contribution is 2.21. The number of hydrogen-bond acceptors (Lipinski definition) is 5. The van der Waals surface area contributed by atoms with Crippen LogP contribution in [0.5, 0.6) is 5.75 Å². The van der Waals surface area contributed by atoms with Gasteiger partial charge in [-0.25, -0.2) is 5.43 Å². The minimum absolute atomic E-state index is 0.00593. The number of amides is 1. The van der Waals surface area contributed by atoms with Crippen molar-refractivity contribution in [1.82, 2.24) is 5.43 Å². The van der Waals surface area contributed by atoms with Gasteiger partial charge in [-0.3, -0.25) is 14.9 Å². The van der Waals surface area contributed by atoms with E-state index in [9.17, 15) is 14.9 Å². The summed E-state index contributed by atoms with van der Waals surface area (Å²) in [7, 11) is 0. The number of nitro benzene ring substituents is 1. The molecule has 0 fully saturated rings. The first-order valence-corrected chi connectivity index (χ1v) is 8.26. The fourth-order valence-electron chi connectivity index (χ4n) is 2.44. The molecule has 0 aliphatic heterocycles. The summed E-state index contributed by atoms with van der Waals surface area (Å²) in [6.07, 6.45) is 0.671. The van der Waals surface area contributed by atoms with E-state index in [1.807, 2.05) is 42.5 Å². The molecule has 1 unspecified atom stereocenters. The average molecular weight is 363 g/mol. The standard InChI is InChI=1S/C20H17N3O4/c1-14(27-19-11-8-16-4-2-3-5-17(16)12-19)20(24)22-21-13-15-6-9-18(10-7-15)23(25)26/h2-14H,1H3,(H,22,24). The average Bonchev–Trinajstić information content (AvgIpc) is 2.68. The third kappa shape index (κ3) is 4.66. The Hall–Kier alpha value is -3.74. The second-order valence-electron chi connectivity index (χ2n) is 5.85. The molecule has 0 heterocycles. The Kier molecular flexibility index (Phi) is 5.41. The van der Waals surface area contributed by atoms with E-state index in [1.54, 1.807) is 19.1 Å². The zero-order valence-corrected chi connectivity index (χ0v) is 14.5. The number of nitrogens with zero attached hydrogens (tertiary/aromatic N) is 2. The van der Waals surface area contributed by atoms with E-state index >= 15 is 0 Å². The molecule has 0 spiro atoms. The van der Waals surface area contributed by atoms with Crippen LogP contribution in [0.25, 0.3) is 10.8 Å². The molecule has 0 saturated carbocycles. The molecule has 0 bridgehead atoms. The number of benzene rings is 3. The molecule has 7 heteroatoms. The number of hydrazone groups is 1. The minimum Gasteiger partial charge on any atom is -0.481 e. The van der Waals surface area contributed by atoms with Gasteiger partial charge in [-0.2, -0.15) is 5.10 Å². The monoisotopic (exact) mass is 363 g/mol. The van der Waals surface area contributed by atoms with Crippen molar-refractivity contribution >= 4 is 28.6 Å². The Morgan fingerprint density at radius 2 is 1.81 bits per heavy atom. The number of carbonyl (C=O) groups excluding carboxylic acids is 1. The van der Waals surface area contributed by atoms with E-state index in [0.717, 1.165) is 10.8 Å². The van der Waals surface area contributed by atoms with Crippen molar-refractivity contribution < 1.29 is 14.5 Å². The Morgan fingerprint density at radius 3 is 2.52 bits per heavy atom. The van der Waals surface area contributed by atoms with Gasteiger partial charge >= 0.3 is 0 Å². The molecule has 3 aromatic carbocycles. The fourth-order valence-corrected chi connectivity index (χ4v) is 2.44. The highest BCUT2D eigenvalue weighted by Gasteiger charge is 2.14. The van der Waals surface area contributed by atoms with Crippen LogP contribution in [0.3, 0.4) is 0 Å². The quantitative estimate of drug-likeness (QED) is 0.411. The minimum atomic E-state index is -0.736. The third-order valence-corrected chi connectivity index (χ3v) is 3.90. The summed E-state index contributed by atoms with van der Waals surface area (Å²) in [6.45, 7) is 1.63. The van der Waals surface area contributed by atoms with Crippen LogP contribution >= 0.6 is 0 Å². The molecule has 0 aromatic heterocycles. The summed E-state index contributed by atoms with van der Waals surface area (Å²) in [4.78, 5) is 22.2. The Morgan fingerprint density at radius 1 is 1.11 bits per heavy atom. The summed E-state index contributed by atoms with van der Waals surface area (Å²) in [5.74, 6) is 0.192. The van der Waals surface area contributed by atoms with Crippen molar-refractivity contribution in [2.45, 2.75) is 13.0 Å². The van der Waals surface area contributed by atoms with Crippen LogP contribution in [0.4, 0.5) is 5.69 Å². The summed E-state index contributed by atoms with van der Waals surface area (Å²) < 4.78 is 5.67. The Bertz CT molecular complexity index is 1000. The summed E-state index contributed by atoms with van der Waals surface area (Å²) in [5.41, 5.74) is 3.02. The van der Waals surface area contributed by atoms with Gasteiger partial charge in [-0.15, -0.1) is 0 Å². The number of non-ortho nitro benzene ring substituents is 1. The zero-order valence-electron chi connectivity index (χ0n) is 14.5. The lowest BCUT2D eigenvalue weighted by molar-refractivity contribution is -0.384. The van der Waals surface area contributed by atoms with Gasteiger partial charge in [0.1, 0.15) is 5.75 Å². The van der Waals surface area contributed by atoms with Crippen LogP contribution in [-0.4, -0.2) is 23.1 Å². The van der Waals surface area contributed by atoms with Gasteiger partial charge in [0.15, 0.2) is 6.10 Å².